The van der Waals surface area contributed by atoms with Gasteiger partial charge in [0.15, 0.2) is 5.76 Å². The molecule has 0 unspecified atom stereocenters. The van der Waals surface area contributed by atoms with Crippen LogP contribution in [-0.4, -0.2) is 23.4 Å². The lowest BCUT2D eigenvalue weighted by molar-refractivity contribution is 0.0623. The van der Waals surface area contributed by atoms with Crippen LogP contribution < -0.4 is 0 Å². The van der Waals surface area contributed by atoms with Crippen LogP contribution in [0.4, 0.5) is 0 Å². The third-order valence-corrected chi connectivity index (χ3v) is 3.32. The number of carbonyl (C=O) groups is 1. The third-order valence-electron chi connectivity index (χ3n) is 3.32. The molecule has 2 rings (SSSR count). The summed E-state index contributed by atoms with van der Waals surface area (Å²) in [7, 11) is 0. The first-order valence-electron chi connectivity index (χ1n) is 6.53. The molecule has 1 aromatic heterocycles. The quantitative estimate of drug-likeness (QED) is 0.802. The van der Waals surface area contributed by atoms with Crippen molar-refractivity contribution in [2.24, 2.45) is 5.92 Å². The highest BCUT2D eigenvalue weighted by molar-refractivity contribution is 5.91. The molecule has 17 heavy (non-hydrogen) atoms. The van der Waals surface area contributed by atoms with E-state index in [0.29, 0.717) is 17.7 Å². The van der Waals surface area contributed by atoms with Crippen LogP contribution in [-0.2, 0) is 0 Å². The van der Waals surface area contributed by atoms with E-state index in [0.717, 1.165) is 19.4 Å². The van der Waals surface area contributed by atoms with Crippen LogP contribution in [0.5, 0.6) is 0 Å². The Morgan fingerprint density at radius 1 is 1.47 bits per heavy atom. The Balaban J connectivity index is 2.11. The first-order valence-corrected chi connectivity index (χ1v) is 6.53. The van der Waals surface area contributed by atoms with E-state index in [4.69, 9.17) is 4.42 Å². The number of furan rings is 1. The number of hydrogen-bond donors (Lipinski definition) is 0. The Hall–Kier alpha value is -1.25. The van der Waals surface area contributed by atoms with Crippen molar-refractivity contribution in [3.8, 4) is 0 Å². The van der Waals surface area contributed by atoms with E-state index in [1.54, 1.807) is 18.4 Å². The van der Waals surface area contributed by atoms with Crippen molar-refractivity contribution in [2.75, 3.05) is 6.54 Å². The van der Waals surface area contributed by atoms with Crippen LogP contribution in [0.25, 0.3) is 0 Å². The molecular formula is C14H21NO2. The Morgan fingerprint density at radius 2 is 2.18 bits per heavy atom. The van der Waals surface area contributed by atoms with Crippen molar-refractivity contribution in [3.63, 3.8) is 0 Å². The van der Waals surface area contributed by atoms with Crippen molar-refractivity contribution in [1.82, 2.24) is 4.90 Å². The average Bonchev–Trinajstić information content (AvgIpc) is 2.96. The zero-order chi connectivity index (χ0) is 12.3. The predicted octanol–water partition coefficient (Wildman–Crippen LogP) is 3.32. The lowest BCUT2D eigenvalue weighted by atomic mass is 10.1. The van der Waals surface area contributed by atoms with E-state index in [-0.39, 0.29) is 5.91 Å². The second-order valence-electron chi connectivity index (χ2n) is 5.27. The van der Waals surface area contributed by atoms with Gasteiger partial charge in [-0.2, -0.15) is 0 Å². The Labute approximate surface area is 103 Å². The molecule has 0 bridgehead atoms. The molecule has 1 aliphatic rings. The highest BCUT2D eigenvalue weighted by Crippen LogP contribution is 2.25. The van der Waals surface area contributed by atoms with Gasteiger partial charge < -0.3 is 9.32 Å². The summed E-state index contributed by atoms with van der Waals surface area (Å²) >= 11 is 0. The summed E-state index contributed by atoms with van der Waals surface area (Å²) in [6.45, 7) is 5.12. The maximum atomic E-state index is 12.4. The molecular weight excluding hydrogens is 214 g/mol. The van der Waals surface area contributed by atoms with Gasteiger partial charge in [-0.05, 0) is 30.9 Å². The highest BCUT2D eigenvalue weighted by Gasteiger charge is 2.28. The zero-order valence-electron chi connectivity index (χ0n) is 10.7. The summed E-state index contributed by atoms with van der Waals surface area (Å²) in [5.41, 5.74) is 0. The van der Waals surface area contributed by atoms with Gasteiger partial charge in [0.1, 0.15) is 0 Å². The van der Waals surface area contributed by atoms with Gasteiger partial charge in [-0.15, -0.1) is 0 Å². The molecule has 0 atom stereocenters. The first-order chi connectivity index (χ1) is 8.18. The van der Waals surface area contributed by atoms with Crippen molar-refractivity contribution in [3.05, 3.63) is 24.2 Å². The molecule has 0 radical (unpaired) electrons. The Morgan fingerprint density at radius 3 is 2.71 bits per heavy atom. The minimum atomic E-state index is 0.0515. The van der Waals surface area contributed by atoms with E-state index in [2.05, 4.69) is 13.8 Å². The molecule has 1 saturated carbocycles. The van der Waals surface area contributed by atoms with Gasteiger partial charge in [-0.1, -0.05) is 26.7 Å². The molecule has 0 aromatic carbocycles. The molecule has 1 aromatic rings. The molecule has 0 saturated heterocycles. The summed E-state index contributed by atoms with van der Waals surface area (Å²) < 4.78 is 5.23. The zero-order valence-corrected chi connectivity index (χ0v) is 10.7. The van der Waals surface area contributed by atoms with Crippen molar-refractivity contribution in [2.45, 2.75) is 45.6 Å². The van der Waals surface area contributed by atoms with Gasteiger partial charge in [-0.25, -0.2) is 0 Å². The standard InChI is InChI=1S/C14H21NO2/c1-11(2)10-15(12-6-3-4-7-12)14(16)13-8-5-9-17-13/h5,8-9,11-12H,3-4,6-7,10H2,1-2H3. The normalized spacial score (nSPS) is 16.6. The van der Waals surface area contributed by atoms with E-state index >= 15 is 0 Å². The number of hydrogen-bond acceptors (Lipinski definition) is 2. The molecule has 1 amide bonds. The maximum Gasteiger partial charge on any atom is 0.289 e. The Kier molecular flexibility index (Phi) is 3.87. The smallest absolute Gasteiger partial charge is 0.289 e. The Bertz CT molecular complexity index is 350. The second-order valence-corrected chi connectivity index (χ2v) is 5.27. The van der Waals surface area contributed by atoms with Crippen LogP contribution in [0.3, 0.4) is 0 Å². The summed E-state index contributed by atoms with van der Waals surface area (Å²) in [5.74, 6) is 1.02. The molecule has 0 spiro atoms. The molecule has 3 nitrogen and oxygen atoms in total. The van der Waals surface area contributed by atoms with Gasteiger partial charge in [0.25, 0.3) is 5.91 Å². The van der Waals surface area contributed by atoms with Gasteiger partial charge >= 0.3 is 0 Å². The van der Waals surface area contributed by atoms with Crippen LogP contribution in [0.1, 0.15) is 50.1 Å². The third kappa shape index (κ3) is 2.90. The van der Waals surface area contributed by atoms with E-state index in [1.165, 1.54) is 12.8 Å². The van der Waals surface area contributed by atoms with Crippen LogP contribution in [0.15, 0.2) is 22.8 Å². The number of carbonyl (C=O) groups excluding carboxylic acids is 1. The molecule has 94 valence electrons. The second kappa shape index (κ2) is 5.39. The SMILES string of the molecule is CC(C)CN(C(=O)c1ccco1)C1CCCC1. The first kappa shape index (κ1) is 12.2. The number of amides is 1. The number of rotatable bonds is 4. The van der Waals surface area contributed by atoms with Gasteiger partial charge in [0.05, 0.1) is 6.26 Å². The number of nitrogens with zero attached hydrogens (tertiary/aromatic N) is 1. The van der Waals surface area contributed by atoms with Crippen molar-refractivity contribution >= 4 is 5.91 Å². The largest absolute Gasteiger partial charge is 0.459 e. The van der Waals surface area contributed by atoms with Gasteiger partial charge in [0.2, 0.25) is 0 Å². The summed E-state index contributed by atoms with van der Waals surface area (Å²) in [6, 6.07) is 3.94. The van der Waals surface area contributed by atoms with Crippen LogP contribution in [0, 0.1) is 5.92 Å². The molecule has 0 N–H and O–H groups in total. The minimum absolute atomic E-state index is 0.0515. The van der Waals surface area contributed by atoms with Gasteiger partial charge in [-0.3, -0.25) is 4.79 Å². The van der Waals surface area contributed by atoms with Crippen molar-refractivity contribution in [1.29, 1.82) is 0 Å². The highest BCUT2D eigenvalue weighted by atomic mass is 16.3. The van der Waals surface area contributed by atoms with E-state index < -0.39 is 0 Å². The maximum absolute atomic E-state index is 12.4. The fraction of sp³-hybridized carbons (Fsp3) is 0.643. The molecule has 0 aliphatic heterocycles. The summed E-state index contributed by atoms with van der Waals surface area (Å²) in [4.78, 5) is 14.4. The van der Waals surface area contributed by atoms with Crippen molar-refractivity contribution < 1.29 is 9.21 Å². The average molecular weight is 235 g/mol. The molecule has 1 aliphatic carbocycles. The van der Waals surface area contributed by atoms with E-state index in [1.807, 2.05) is 4.90 Å². The van der Waals surface area contributed by atoms with Crippen LogP contribution in [0.2, 0.25) is 0 Å². The predicted molar refractivity (Wildman–Crippen MR) is 66.8 cm³/mol. The van der Waals surface area contributed by atoms with E-state index in [9.17, 15) is 4.79 Å². The van der Waals surface area contributed by atoms with Crippen LogP contribution >= 0.6 is 0 Å². The fourth-order valence-electron chi connectivity index (χ4n) is 2.55. The summed E-state index contributed by atoms with van der Waals surface area (Å²) in [6.07, 6.45) is 6.32. The monoisotopic (exact) mass is 235 g/mol. The molecule has 3 heteroatoms. The van der Waals surface area contributed by atoms with Gasteiger partial charge in [0, 0.05) is 12.6 Å². The fourth-order valence-corrected chi connectivity index (χ4v) is 2.55. The molecule has 1 heterocycles. The minimum Gasteiger partial charge on any atom is -0.459 e. The lowest BCUT2D eigenvalue weighted by Gasteiger charge is -2.29. The molecule has 1 fully saturated rings. The summed E-state index contributed by atoms with van der Waals surface area (Å²) in [5, 5.41) is 0. The lowest BCUT2D eigenvalue weighted by Crippen LogP contribution is -2.41. The topological polar surface area (TPSA) is 33.5 Å².